The summed E-state index contributed by atoms with van der Waals surface area (Å²) in [5.41, 5.74) is 6.65. The molecule has 2 N–H and O–H groups in total. The van der Waals surface area contributed by atoms with Crippen molar-refractivity contribution in [3.05, 3.63) is 35.6 Å². The first kappa shape index (κ1) is 9.66. The van der Waals surface area contributed by atoms with Crippen LogP contribution >= 0.6 is 0 Å². The molecule has 1 aromatic carbocycles. The minimum Gasteiger partial charge on any atom is -0.328 e. The normalized spacial score (nSPS) is 32.1. The SMILES string of the molecule is CC1(c2ccccc2F)CCC(N)C1. The summed E-state index contributed by atoms with van der Waals surface area (Å²) in [6, 6.07) is 7.28. The Bertz CT molecular complexity index is 337. The Kier molecular flexibility index (Phi) is 2.31. The highest BCUT2D eigenvalue weighted by Crippen LogP contribution is 2.40. The van der Waals surface area contributed by atoms with Crippen LogP contribution in [0.1, 0.15) is 31.7 Å². The van der Waals surface area contributed by atoms with Crippen molar-refractivity contribution in [2.45, 2.75) is 37.6 Å². The van der Waals surface area contributed by atoms with Crippen LogP contribution < -0.4 is 5.73 Å². The molecule has 1 fully saturated rings. The van der Waals surface area contributed by atoms with Gasteiger partial charge in [-0.2, -0.15) is 0 Å². The number of halogens is 1. The van der Waals surface area contributed by atoms with E-state index in [0.717, 1.165) is 24.8 Å². The summed E-state index contributed by atoms with van der Waals surface area (Å²) in [5, 5.41) is 0. The van der Waals surface area contributed by atoms with Crippen molar-refractivity contribution in [3.63, 3.8) is 0 Å². The van der Waals surface area contributed by atoms with Crippen LogP contribution in [0, 0.1) is 5.82 Å². The van der Waals surface area contributed by atoms with Gasteiger partial charge < -0.3 is 5.73 Å². The van der Waals surface area contributed by atoms with Crippen LogP contribution in [0.5, 0.6) is 0 Å². The molecule has 0 radical (unpaired) electrons. The van der Waals surface area contributed by atoms with Crippen molar-refractivity contribution in [2.75, 3.05) is 0 Å². The van der Waals surface area contributed by atoms with E-state index in [-0.39, 0.29) is 17.3 Å². The third-order valence-corrected chi connectivity index (χ3v) is 3.30. The Morgan fingerprint density at radius 3 is 2.71 bits per heavy atom. The minimum absolute atomic E-state index is 0.0508. The quantitative estimate of drug-likeness (QED) is 0.729. The van der Waals surface area contributed by atoms with E-state index in [2.05, 4.69) is 6.92 Å². The van der Waals surface area contributed by atoms with Gasteiger partial charge in [-0.05, 0) is 36.3 Å². The molecule has 0 aromatic heterocycles. The molecule has 0 heterocycles. The first-order valence-corrected chi connectivity index (χ1v) is 5.12. The zero-order valence-electron chi connectivity index (χ0n) is 8.46. The molecule has 1 aliphatic rings. The maximum absolute atomic E-state index is 13.6. The third-order valence-electron chi connectivity index (χ3n) is 3.30. The Balaban J connectivity index is 2.35. The molecule has 76 valence electrons. The van der Waals surface area contributed by atoms with Crippen molar-refractivity contribution in [1.82, 2.24) is 0 Å². The fourth-order valence-corrected chi connectivity index (χ4v) is 2.48. The van der Waals surface area contributed by atoms with E-state index in [4.69, 9.17) is 5.73 Å². The smallest absolute Gasteiger partial charge is 0.126 e. The standard InChI is InChI=1S/C12H16FN/c1-12(7-6-9(14)8-12)10-4-2-3-5-11(10)13/h2-5,9H,6-8,14H2,1H3. The topological polar surface area (TPSA) is 26.0 Å². The van der Waals surface area contributed by atoms with Gasteiger partial charge in [0.05, 0.1) is 0 Å². The fraction of sp³-hybridized carbons (Fsp3) is 0.500. The minimum atomic E-state index is -0.0934. The number of hydrogen-bond donors (Lipinski definition) is 1. The van der Waals surface area contributed by atoms with Gasteiger partial charge in [0.1, 0.15) is 5.82 Å². The van der Waals surface area contributed by atoms with Crippen LogP contribution in [0.2, 0.25) is 0 Å². The molecule has 2 rings (SSSR count). The highest BCUT2D eigenvalue weighted by atomic mass is 19.1. The van der Waals surface area contributed by atoms with Gasteiger partial charge in [0, 0.05) is 6.04 Å². The Morgan fingerprint density at radius 1 is 1.43 bits per heavy atom. The van der Waals surface area contributed by atoms with E-state index in [1.165, 1.54) is 6.07 Å². The Hall–Kier alpha value is -0.890. The van der Waals surface area contributed by atoms with Gasteiger partial charge in [-0.3, -0.25) is 0 Å². The van der Waals surface area contributed by atoms with Crippen LogP contribution in [-0.2, 0) is 5.41 Å². The van der Waals surface area contributed by atoms with Crippen LogP contribution in [0.25, 0.3) is 0 Å². The summed E-state index contributed by atoms with van der Waals surface area (Å²) in [4.78, 5) is 0. The molecule has 0 spiro atoms. The van der Waals surface area contributed by atoms with E-state index < -0.39 is 0 Å². The van der Waals surface area contributed by atoms with Crippen molar-refractivity contribution in [2.24, 2.45) is 5.73 Å². The molecule has 2 atom stereocenters. The lowest BCUT2D eigenvalue weighted by Crippen LogP contribution is -2.23. The second kappa shape index (κ2) is 3.35. The van der Waals surface area contributed by atoms with E-state index >= 15 is 0 Å². The van der Waals surface area contributed by atoms with E-state index in [1.54, 1.807) is 6.07 Å². The molecular weight excluding hydrogens is 177 g/mol. The third kappa shape index (κ3) is 1.55. The molecule has 1 aliphatic carbocycles. The average Bonchev–Trinajstić information content (AvgIpc) is 2.48. The molecule has 1 aromatic rings. The van der Waals surface area contributed by atoms with E-state index in [0.29, 0.717) is 0 Å². The molecule has 2 heteroatoms. The highest BCUT2D eigenvalue weighted by Gasteiger charge is 2.36. The molecule has 14 heavy (non-hydrogen) atoms. The summed E-state index contributed by atoms with van der Waals surface area (Å²) in [6.07, 6.45) is 2.90. The van der Waals surface area contributed by atoms with Gasteiger partial charge in [-0.1, -0.05) is 25.1 Å². The van der Waals surface area contributed by atoms with Gasteiger partial charge in [0.25, 0.3) is 0 Å². The van der Waals surface area contributed by atoms with Crippen LogP contribution in [0.3, 0.4) is 0 Å². The molecule has 0 bridgehead atoms. The summed E-state index contributed by atoms with van der Waals surface area (Å²) in [7, 11) is 0. The molecule has 1 saturated carbocycles. The van der Waals surface area contributed by atoms with Gasteiger partial charge in [-0.15, -0.1) is 0 Å². The lowest BCUT2D eigenvalue weighted by atomic mass is 9.80. The molecule has 1 nitrogen and oxygen atoms in total. The summed E-state index contributed by atoms with van der Waals surface area (Å²) < 4.78 is 13.6. The first-order chi connectivity index (χ1) is 6.62. The molecule has 0 saturated heterocycles. The second-order valence-electron chi connectivity index (χ2n) is 4.54. The maximum Gasteiger partial charge on any atom is 0.126 e. The number of nitrogens with two attached hydrogens (primary N) is 1. The van der Waals surface area contributed by atoms with Gasteiger partial charge in [0.15, 0.2) is 0 Å². The number of benzene rings is 1. The molecular formula is C12H16FN. The summed E-state index contributed by atoms with van der Waals surface area (Å²) in [5.74, 6) is -0.0934. The van der Waals surface area contributed by atoms with Crippen LogP contribution in [0.15, 0.2) is 24.3 Å². The lowest BCUT2D eigenvalue weighted by Gasteiger charge is -2.24. The van der Waals surface area contributed by atoms with Crippen molar-refractivity contribution < 1.29 is 4.39 Å². The zero-order valence-corrected chi connectivity index (χ0v) is 8.46. The van der Waals surface area contributed by atoms with E-state index in [1.807, 2.05) is 12.1 Å². The second-order valence-corrected chi connectivity index (χ2v) is 4.54. The Morgan fingerprint density at radius 2 is 2.14 bits per heavy atom. The number of hydrogen-bond acceptors (Lipinski definition) is 1. The highest BCUT2D eigenvalue weighted by molar-refractivity contribution is 5.28. The monoisotopic (exact) mass is 193 g/mol. The van der Waals surface area contributed by atoms with Crippen LogP contribution in [-0.4, -0.2) is 6.04 Å². The summed E-state index contributed by atoms with van der Waals surface area (Å²) in [6.45, 7) is 2.11. The summed E-state index contributed by atoms with van der Waals surface area (Å²) >= 11 is 0. The fourth-order valence-electron chi connectivity index (χ4n) is 2.48. The van der Waals surface area contributed by atoms with Crippen LogP contribution in [0.4, 0.5) is 4.39 Å². The molecule has 2 unspecified atom stereocenters. The zero-order chi connectivity index (χ0) is 10.2. The average molecular weight is 193 g/mol. The number of rotatable bonds is 1. The first-order valence-electron chi connectivity index (χ1n) is 5.12. The predicted molar refractivity (Wildman–Crippen MR) is 55.6 cm³/mol. The van der Waals surface area contributed by atoms with Gasteiger partial charge >= 0.3 is 0 Å². The van der Waals surface area contributed by atoms with E-state index in [9.17, 15) is 4.39 Å². The van der Waals surface area contributed by atoms with Gasteiger partial charge in [0.2, 0.25) is 0 Å². The van der Waals surface area contributed by atoms with Crippen molar-refractivity contribution in [3.8, 4) is 0 Å². The lowest BCUT2D eigenvalue weighted by molar-refractivity contribution is 0.451. The largest absolute Gasteiger partial charge is 0.328 e. The Labute approximate surface area is 84.1 Å². The van der Waals surface area contributed by atoms with Crippen molar-refractivity contribution >= 4 is 0 Å². The predicted octanol–water partition coefficient (Wildman–Crippen LogP) is 2.59. The molecule has 0 aliphatic heterocycles. The maximum atomic E-state index is 13.6. The van der Waals surface area contributed by atoms with Gasteiger partial charge in [-0.25, -0.2) is 4.39 Å². The molecule has 0 amide bonds. The van der Waals surface area contributed by atoms with Crippen molar-refractivity contribution in [1.29, 1.82) is 0 Å².